The van der Waals surface area contributed by atoms with Gasteiger partial charge in [0.1, 0.15) is 6.07 Å². The maximum atomic E-state index is 9.98. The molecular weight excluding hydrogens is 262 g/mol. The number of aromatic nitrogens is 1. The van der Waals surface area contributed by atoms with E-state index in [-0.39, 0.29) is 12.1 Å². The summed E-state index contributed by atoms with van der Waals surface area (Å²) in [6.45, 7) is 3.59. The standard InChI is InChI=1S/C17H21N3O/c1-13(21)16-6-2-4-8-19(16)11-14-12-20-9-5-3-7-17(20)15(14)10-18/h3,5,7,9,12-13,16,21H,2,4,6,8,11H2,1H3. The zero-order valence-electron chi connectivity index (χ0n) is 12.4. The molecule has 1 aliphatic heterocycles. The number of hydrogen-bond acceptors (Lipinski definition) is 3. The molecule has 2 aromatic rings. The van der Waals surface area contributed by atoms with E-state index < -0.39 is 0 Å². The number of rotatable bonds is 3. The van der Waals surface area contributed by atoms with Gasteiger partial charge in [-0.15, -0.1) is 0 Å². The summed E-state index contributed by atoms with van der Waals surface area (Å²) >= 11 is 0. The number of fused-ring (bicyclic) bond motifs is 1. The van der Waals surface area contributed by atoms with Crippen molar-refractivity contribution >= 4 is 5.52 Å². The van der Waals surface area contributed by atoms with Gasteiger partial charge in [-0.3, -0.25) is 4.90 Å². The Kier molecular flexibility index (Phi) is 3.96. The molecule has 0 aromatic carbocycles. The highest BCUT2D eigenvalue weighted by atomic mass is 16.3. The fourth-order valence-corrected chi connectivity index (χ4v) is 3.40. The highest BCUT2D eigenvalue weighted by Crippen LogP contribution is 2.25. The number of likely N-dealkylation sites (tertiary alicyclic amines) is 1. The molecule has 1 aliphatic rings. The molecular formula is C17H21N3O. The van der Waals surface area contributed by atoms with Crippen LogP contribution in [0.15, 0.2) is 30.6 Å². The minimum absolute atomic E-state index is 0.202. The number of nitriles is 1. The van der Waals surface area contributed by atoms with E-state index in [1.54, 1.807) is 0 Å². The molecule has 2 unspecified atom stereocenters. The fraction of sp³-hybridized carbons (Fsp3) is 0.471. The average molecular weight is 283 g/mol. The van der Waals surface area contributed by atoms with Crippen molar-refractivity contribution in [2.75, 3.05) is 6.54 Å². The Morgan fingerprint density at radius 2 is 2.29 bits per heavy atom. The minimum Gasteiger partial charge on any atom is -0.392 e. The third-order valence-corrected chi connectivity index (χ3v) is 4.47. The zero-order valence-corrected chi connectivity index (χ0v) is 12.4. The summed E-state index contributed by atoms with van der Waals surface area (Å²) in [6, 6.07) is 8.45. The number of pyridine rings is 1. The summed E-state index contributed by atoms with van der Waals surface area (Å²) in [4.78, 5) is 2.32. The van der Waals surface area contributed by atoms with Crippen molar-refractivity contribution in [2.45, 2.75) is 44.9 Å². The van der Waals surface area contributed by atoms with Gasteiger partial charge in [0, 0.05) is 30.5 Å². The number of piperidine rings is 1. The number of nitrogens with zero attached hydrogens (tertiary/aromatic N) is 3. The third kappa shape index (κ3) is 2.67. The Bertz CT molecular complexity index is 668. The van der Waals surface area contributed by atoms with Crippen molar-refractivity contribution in [2.24, 2.45) is 0 Å². The minimum atomic E-state index is -0.326. The lowest BCUT2D eigenvalue weighted by Crippen LogP contribution is -2.45. The predicted octanol–water partition coefficient (Wildman–Crippen LogP) is 2.55. The van der Waals surface area contributed by atoms with Crippen LogP contribution in [0.2, 0.25) is 0 Å². The van der Waals surface area contributed by atoms with Gasteiger partial charge in [0.2, 0.25) is 0 Å². The van der Waals surface area contributed by atoms with Crippen LogP contribution in [0.25, 0.3) is 5.52 Å². The molecule has 2 atom stereocenters. The van der Waals surface area contributed by atoms with Crippen molar-refractivity contribution in [3.05, 3.63) is 41.7 Å². The molecule has 0 amide bonds. The van der Waals surface area contributed by atoms with Crippen molar-refractivity contribution in [1.82, 2.24) is 9.30 Å². The second-order valence-electron chi connectivity index (χ2n) is 5.91. The Labute approximate surface area is 125 Å². The first-order valence-electron chi connectivity index (χ1n) is 7.61. The van der Waals surface area contributed by atoms with E-state index in [4.69, 9.17) is 0 Å². The maximum Gasteiger partial charge on any atom is 0.102 e. The molecule has 4 nitrogen and oxygen atoms in total. The lowest BCUT2D eigenvalue weighted by molar-refractivity contribution is 0.0316. The Balaban J connectivity index is 1.92. The quantitative estimate of drug-likeness (QED) is 0.942. The van der Waals surface area contributed by atoms with Crippen LogP contribution in [0.1, 0.15) is 37.3 Å². The Hall–Kier alpha value is -1.83. The number of aliphatic hydroxyl groups excluding tert-OH is 1. The molecule has 1 fully saturated rings. The molecule has 21 heavy (non-hydrogen) atoms. The average Bonchev–Trinajstić information content (AvgIpc) is 2.84. The van der Waals surface area contributed by atoms with Crippen molar-refractivity contribution in [3.8, 4) is 6.07 Å². The normalized spacial score (nSPS) is 21.3. The molecule has 0 radical (unpaired) electrons. The van der Waals surface area contributed by atoms with Crippen molar-refractivity contribution in [1.29, 1.82) is 5.26 Å². The van der Waals surface area contributed by atoms with Crippen LogP contribution in [-0.2, 0) is 6.54 Å². The molecule has 4 heteroatoms. The lowest BCUT2D eigenvalue weighted by atomic mass is 9.97. The SMILES string of the molecule is CC(O)C1CCCCN1Cc1cn2ccccc2c1C#N. The van der Waals surface area contributed by atoms with E-state index in [0.29, 0.717) is 0 Å². The summed E-state index contributed by atoms with van der Waals surface area (Å²) in [6.07, 6.45) is 7.07. The van der Waals surface area contributed by atoms with Gasteiger partial charge in [-0.05, 0) is 38.4 Å². The number of hydrogen-bond donors (Lipinski definition) is 1. The summed E-state index contributed by atoms with van der Waals surface area (Å²) in [5, 5.41) is 19.5. The van der Waals surface area contributed by atoms with Gasteiger partial charge in [-0.25, -0.2) is 0 Å². The van der Waals surface area contributed by atoms with Crippen LogP contribution in [0.5, 0.6) is 0 Å². The van der Waals surface area contributed by atoms with Gasteiger partial charge in [-0.1, -0.05) is 12.5 Å². The van der Waals surface area contributed by atoms with Gasteiger partial charge < -0.3 is 9.51 Å². The van der Waals surface area contributed by atoms with Crippen molar-refractivity contribution in [3.63, 3.8) is 0 Å². The lowest BCUT2D eigenvalue weighted by Gasteiger charge is -2.37. The monoisotopic (exact) mass is 283 g/mol. The van der Waals surface area contributed by atoms with Gasteiger partial charge in [0.25, 0.3) is 0 Å². The largest absolute Gasteiger partial charge is 0.392 e. The summed E-state index contributed by atoms with van der Waals surface area (Å²) in [7, 11) is 0. The smallest absolute Gasteiger partial charge is 0.102 e. The van der Waals surface area contributed by atoms with Crippen LogP contribution >= 0.6 is 0 Å². The highest BCUT2D eigenvalue weighted by Gasteiger charge is 2.27. The third-order valence-electron chi connectivity index (χ3n) is 4.47. The van der Waals surface area contributed by atoms with Gasteiger partial charge in [-0.2, -0.15) is 5.26 Å². The summed E-state index contributed by atoms with van der Waals surface area (Å²) < 4.78 is 2.01. The van der Waals surface area contributed by atoms with Crippen LogP contribution in [0.4, 0.5) is 0 Å². The molecule has 0 saturated carbocycles. The molecule has 1 N–H and O–H groups in total. The fourth-order valence-electron chi connectivity index (χ4n) is 3.40. The molecule has 2 aromatic heterocycles. The predicted molar refractivity (Wildman–Crippen MR) is 81.8 cm³/mol. The van der Waals surface area contributed by atoms with Crippen LogP contribution in [-0.4, -0.2) is 33.1 Å². The molecule has 0 aliphatic carbocycles. The van der Waals surface area contributed by atoms with E-state index in [2.05, 4.69) is 11.0 Å². The zero-order chi connectivity index (χ0) is 14.8. The molecule has 110 valence electrons. The summed E-state index contributed by atoms with van der Waals surface area (Å²) in [5.74, 6) is 0. The Morgan fingerprint density at radius 3 is 3.05 bits per heavy atom. The first-order chi connectivity index (χ1) is 10.2. The van der Waals surface area contributed by atoms with Crippen molar-refractivity contribution < 1.29 is 5.11 Å². The summed E-state index contributed by atoms with van der Waals surface area (Å²) in [5.41, 5.74) is 2.77. The van der Waals surface area contributed by atoms with E-state index >= 15 is 0 Å². The van der Waals surface area contributed by atoms with Gasteiger partial charge in [0.15, 0.2) is 0 Å². The molecule has 0 bridgehead atoms. The second kappa shape index (κ2) is 5.88. The molecule has 3 heterocycles. The first kappa shape index (κ1) is 14.1. The molecule has 0 spiro atoms. The Morgan fingerprint density at radius 1 is 1.43 bits per heavy atom. The van der Waals surface area contributed by atoms with E-state index in [1.807, 2.05) is 41.9 Å². The van der Waals surface area contributed by atoms with Crippen LogP contribution in [0.3, 0.4) is 0 Å². The van der Waals surface area contributed by atoms with E-state index in [9.17, 15) is 10.4 Å². The highest BCUT2D eigenvalue weighted by molar-refractivity contribution is 5.65. The first-order valence-corrected chi connectivity index (χ1v) is 7.61. The molecule has 3 rings (SSSR count). The van der Waals surface area contributed by atoms with Crippen LogP contribution in [0, 0.1) is 11.3 Å². The van der Waals surface area contributed by atoms with E-state index in [1.165, 1.54) is 12.8 Å². The van der Waals surface area contributed by atoms with Gasteiger partial charge >= 0.3 is 0 Å². The number of aliphatic hydroxyl groups is 1. The topological polar surface area (TPSA) is 51.7 Å². The van der Waals surface area contributed by atoms with Crippen LogP contribution < -0.4 is 0 Å². The van der Waals surface area contributed by atoms with Gasteiger partial charge in [0.05, 0.1) is 17.2 Å². The molecule has 1 saturated heterocycles. The maximum absolute atomic E-state index is 9.98. The van der Waals surface area contributed by atoms with E-state index in [0.717, 1.165) is 36.2 Å². The second-order valence-corrected chi connectivity index (χ2v) is 5.91.